The van der Waals surface area contributed by atoms with E-state index in [1.54, 1.807) is 29.7 Å². The molecule has 44 heavy (non-hydrogen) atoms. The molecule has 0 fully saturated rings. The maximum atomic E-state index is 14.8. The minimum Gasteiger partial charge on any atom is -0.339 e. The molecule has 0 radical (unpaired) electrons. The lowest BCUT2D eigenvalue weighted by molar-refractivity contribution is -0.129. The highest BCUT2D eigenvalue weighted by atomic mass is 35.5. The molecule has 11 heteroatoms. The molecule has 2 N–H and O–H groups in total. The molecule has 6 rings (SSSR count). The third kappa shape index (κ3) is 6.03. The minimum atomic E-state index is -0.875. The Balaban J connectivity index is 1.36. The number of nitrogens with zero attached hydrogens (tertiary/aromatic N) is 4. The molecular formula is C33H29ClF2N6O2. The molecule has 4 heterocycles. The van der Waals surface area contributed by atoms with Crippen LogP contribution in [0.15, 0.2) is 73.3 Å². The Morgan fingerprint density at radius 3 is 2.68 bits per heavy atom. The summed E-state index contributed by atoms with van der Waals surface area (Å²) in [4.78, 5) is 41.5. The molecule has 0 aliphatic carbocycles. The predicted molar refractivity (Wildman–Crippen MR) is 165 cm³/mol. The van der Waals surface area contributed by atoms with Gasteiger partial charge in [0.1, 0.15) is 11.6 Å². The zero-order chi connectivity index (χ0) is 30.8. The summed E-state index contributed by atoms with van der Waals surface area (Å²) in [5.74, 6) is -1.83. The average molecular weight is 615 g/mol. The summed E-state index contributed by atoms with van der Waals surface area (Å²) >= 11 is 5.91. The number of halogens is 3. The summed E-state index contributed by atoms with van der Waals surface area (Å²) in [6, 6.07) is 11.3. The lowest BCUT2D eigenvalue weighted by Gasteiger charge is -2.34. The first kappa shape index (κ1) is 29.4. The minimum absolute atomic E-state index is 0.110. The van der Waals surface area contributed by atoms with Crippen LogP contribution in [0.3, 0.4) is 0 Å². The van der Waals surface area contributed by atoms with Crippen molar-refractivity contribution in [2.75, 3.05) is 17.2 Å². The summed E-state index contributed by atoms with van der Waals surface area (Å²) < 4.78 is 29.4. The van der Waals surface area contributed by atoms with Crippen molar-refractivity contribution in [1.29, 1.82) is 0 Å². The molecule has 2 amide bonds. The largest absolute Gasteiger partial charge is 0.339 e. The maximum absolute atomic E-state index is 14.8. The number of carbonyl (C=O) groups excluding carboxylic acids is 2. The first-order chi connectivity index (χ1) is 21.3. The second kappa shape index (κ2) is 12.5. The predicted octanol–water partition coefficient (Wildman–Crippen LogP) is 7.33. The second-order valence-electron chi connectivity index (χ2n) is 11.0. The summed E-state index contributed by atoms with van der Waals surface area (Å²) in [5, 5.41) is 6.11. The van der Waals surface area contributed by atoms with Gasteiger partial charge in [-0.25, -0.2) is 13.8 Å². The van der Waals surface area contributed by atoms with E-state index in [0.717, 1.165) is 28.9 Å². The molecule has 8 nitrogen and oxygen atoms in total. The topological polar surface area (TPSA) is 100 Å². The summed E-state index contributed by atoms with van der Waals surface area (Å²) in [6.45, 7) is 2.13. The van der Waals surface area contributed by atoms with Crippen LogP contribution < -0.4 is 10.6 Å². The molecule has 2 unspecified atom stereocenters. The number of benzene rings is 2. The quantitative estimate of drug-likeness (QED) is 0.234. The number of pyridine rings is 1. The van der Waals surface area contributed by atoms with Crippen LogP contribution in [0.2, 0.25) is 5.02 Å². The lowest BCUT2D eigenvalue weighted by atomic mass is 9.92. The Bertz CT molecular complexity index is 1770. The van der Waals surface area contributed by atoms with Gasteiger partial charge in [-0.15, -0.1) is 0 Å². The van der Waals surface area contributed by atoms with Gasteiger partial charge in [0.15, 0.2) is 5.82 Å². The first-order valence-electron chi connectivity index (χ1n) is 14.4. The van der Waals surface area contributed by atoms with E-state index in [-0.39, 0.29) is 46.9 Å². The van der Waals surface area contributed by atoms with E-state index in [1.165, 1.54) is 6.08 Å². The number of fused-ring (bicyclic) bond motifs is 4. The molecule has 2 aliphatic heterocycles. The van der Waals surface area contributed by atoms with Crippen LogP contribution in [0.1, 0.15) is 49.9 Å². The molecule has 0 saturated heterocycles. The van der Waals surface area contributed by atoms with Crippen LogP contribution in [0.25, 0.3) is 16.7 Å². The number of rotatable bonds is 4. The fourth-order valence-corrected chi connectivity index (χ4v) is 5.90. The van der Waals surface area contributed by atoms with E-state index in [1.807, 2.05) is 37.3 Å². The van der Waals surface area contributed by atoms with Gasteiger partial charge in [-0.2, -0.15) is 0 Å². The second-order valence-corrected chi connectivity index (χ2v) is 11.4. The molecule has 2 aromatic heterocycles. The Hall–Kier alpha value is -4.70. The average Bonchev–Trinajstić information content (AvgIpc) is 3.02. The van der Waals surface area contributed by atoms with Gasteiger partial charge in [-0.05, 0) is 66.8 Å². The summed E-state index contributed by atoms with van der Waals surface area (Å²) in [6.07, 6.45) is 9.83. The number of aromatic nitrogens is 3. The fraction of sp³-hybridized carbons (Fsp3) is 0.242. The zero-order valence-electron chi connectivity index (χ0n) is 23.9. The number of hydrogen-bond donors (Lipinski definition) is 2. The van der Waals surface area contributed by atoms with E-state index in [2.05, 4.69) is 25.6 Å². The van der Waals surface area contributed by atoms with Crippen LogP contribution in [-0.4, -0.2) is 38.2 Å². The van der Waals surface area contributed by atoms with Crippen molar-refractivity contribution < 1.29 is 18.4 Å². The van der Waals surface area contributed by atoms with Gasteiger partial charge >= 0.3 is 0 Å². The molecular weight excluding hydrogens is 586 g/mol. The molecule has 2 atom stereocenters. The van der Waals surface area contributed by atoms with Crippen molar-refractivity contribution >= 4 is 46.2 Å². The van der Waals surface area contributed by atoms with E-state index < -0.39 is 17.7 Å². The third-order valence-electron chi connectivity index (χ3n) is 8.05. The van der Waals surface area contributed by atoms with Crippen LogP contribution in [0.5, 0.6) is 0 Å². The Morgan fingerprint density at radius 1 is 1.02 bits per heavy atom. The number of carbonyl (C=O) groups is 2. The van der Waals surface area contributed by atoms with Crippen molar-refractivity contribution in [2.45, 2.75) is 38.6 Å². The monoisotopic (exact) mass is 614 g/mol. The van der Waals surface area contributed by atoms with Crippen LogP contribution in [-0.2, 0) is 9.59 Å². The van der Waals surface area contributed by atoms with Gasteiger partial charge in [0.25, 0.3) is 0 Å². The number of amides is 2. The van der Waals surface area contributed by atoms with Crippen molar-refractivity contribution in [3.05, 3.63) is 101 Å². The van der Waals surface area contributed by atoms with E-state index in [4.69, 9.17) is 11.6 Å². The van der Waals surface area contributed by atoms with Crippen molar-refractivity contribution in [2.24, 2.45) is 5.92 Å². The van der Waals surface area contributed by atoms with Gasteiger partial charge in [0.2, 0.25) is 11.8 Å². The van der Waals surface area contributed by atoms with Crippen molar-refractivity contribution in [3.63, 3.8) is 0 Å². The Morgan fingerprint density at radius 2 is 1.89 bits per heavy atom. The highest BCUT2D eigenvalue weighted by Gasteiger charge is 2.31. The smallest absolute Gasteiger partial charge is 0.247 e. The third-order valence-corrected chi connectivity index (χ3v) is 8.34. The molecule has 0 spiro atoms. The standard InChI is InChI=1S/C33H29ClF2N6O2/c1-19-3-2-4-28(42-14-10-21(16-30(42)43)31-25(35)8-7-24(34)32(31)36)27-15-20(9-11-38-27)23-6-5-22(17-26(23)41-33(19)44)40-29-18-37-12-13-39-29/h5-9,11-13,15-19,28H,2-4,10,14H2,1H3,(H,39,40)(H,41,44). The van der Waals surface area contributed by atoms with Gasteiger partial charge in [-0.3, -0.25) is 19.6 Å². The van der Waals surface area contributed by atoms with E-state index >= 15 is 0 Å². The van der Waals surface area contributed by atoms with Gasteiger partial charge in [-0.1, -0.05) is 31.0 Å². The number of hydrogen-bond acceptors (Lipinski definition) is 6. The highest BCUT2D eigenvalue weighted by Crippen LogP contribution is 2.38. The van der Waals surface area contributed by atoms with Gasteiger partial charge < -0.3 is 15.5 Å². The van der Waals surface area contributed by atoms with Crippen LogP contribution in [0, 0.1) is 17.6 Å². The normalized spacial score (nSPS) is 18.8. The number of anilines is 3. The highest BCUT2D eigenvalue weighted by molar-refractivity contribution is 6.31. The Labute approximate surface area is 258 Å². The first-order valence-corrected chi connectivity index (χ1v) is 14.8. The number of nitrogens with one attached hydrogen (secondary N) is 2. The molecule has 2 aromatic carbocycles. The summed E-state index contributed by atoms with van der Waals surface area (Å²) in [7, 11) is 0. The Kier molecular flexibility index (Phi) is 8.34. The van der Waals surface area contributed by atoms with Crippen molar-refractivity contribution in [1.82, 2.24) is 19.9 Å². The molecule has 224 valence electrons. The maximum Gasteiger partial charge on any atom is 0.247 e. The van der Waals surface area contributed by atoms with E-state index in [0.29, 0.717) is 36.5 Å². The van der Waals surface area contributed by atoms with Crippen LogP contribution in [0.4, 0.5) is 26.0 Å². The SMILES string of the molecule is CC1CCCC(N2CCC(c3c(F)ccc(Cl)c3F)=CC2=O)c2cc(ccn2)-c2ccc(Nc3cnccn3)cc2NC1=O. The molecule has 2 aliphatic rings. The molecule has 2 bridgehead atoms. The summed E-state index contributed by atoms with van der Waals surface area (Å²) in [5.41, 5.74) is 3.65. The van der Waals surface area contributed by atoms with Crippen molar-refractivity contribution in [3.8, 4) is 11.1 Å². The fourth-order valence-electron chi connectivity index (χ4n) is 5.74. The molecule has 0 saturated carbocycles. The van der Waals surface area contributed by atoms with Crippen LogP contribution >= 0.6 is 11.6 Å². The van der Waals surface area contributed by atoms with Gasteiger partial charge in [0.05, 0.1) is 34.2 Å². The van der Waals surface area contributed by atoms with E-state index in [9.17, 15) is 18.4 Å². The molecule has 4 aromatic rings. The zero-order valence-corrected chi connectivity index (χ0v) is 24.6. The van der Waals surface area contributed by atoms with Gasteiger partial charge in [0, 0.05) is 48.4 Å². The lowest BCUT2D eigenvalue weighted by Crippen LogP contribution is -2.38.